The monoisotopic (exact) mass is 463 g/mol. The van der Waals surface area contributed by atoms with Crippen LogP contribution in [0.25, 0.3) is 32.9 Å². The van der Waals surface area contributed by atoms with Gasteiger partial charge in [-0.15, -0.1) is 0 Å². The Balaban J connectivity index is 1.71. The lowest BCUT2D eigenvalue weighted by molar-refractivity contribution is 0.191. The van der Waals surface area contributed by atoms with Gasteiger partial charge in [-0.05, 0) is 28.8 Å². The van der Waals surface area contributed by atoms with Crippen LogP contribution in [0.1, 0.15) is 6.42 Å². The highest BCUT2D eigenvalue weighted by atomic mass is 32.2. The maximum absolute atomic E-state index is 12.0. The average molecular weight is 464 g/mol. The maximum Gasteiger partial charge on any atom is 0.404 e. The van der Waals surface area contributed by atoms with Gasteiger partial charge in [0.25, 0.3) is 0 Å². The molecule has 0 radical (unpaired) electrons. The second-order valence-electron chi connectivity index (χ2n) is 8.10. The second kappa shape index (κ2) is 7.96. The van der Waals surface area contributed by atoms with Crippen LogP contribution in [0.2, 0.25) is 0 Å². The molecule has 1 amide bonds. The molecule has 1 atom stereocenters. The molecule has 4 aromatic rings. The number of carbonyl (C=O) groups is 1. The highest BCUT2D eigenvalue weighted by Gasteiger charge is 2.28. The first-order valence-corrected chi connectivity index (χ1v) is 12.3. The van der Waals surface area contributed by atoms with Crippen LogP contribution in [0.3, 0.4) is 0 Å². The lowest BCUT2D eigenvalue weighted by Crippen LogP contribution is -2.36. The Morgan fingerprint density at radius 3 is 2.67 bits per heavy atom. The first-order chi connectivity index (χ1) is 15.8. The Bertz CT molecular complexity index is 1500. The topological polar surface area (TPSA) is 125 Å². The van der Waals surface area contributed by atoms with Gasteiger partial charge in [0.2, 0.25) is 15.0 Å². The van der Waals surface area contributed by atoms with Crippen LogP contribution in [0.4, 0.5) is 10.6 Å². The van der Waals surface area contributed by atoms with Crippen molar-refractivity contribution in [1.29, 1.82) is 0 Å². The standard InChI is InChI=1S/C23H21N5O4S/c1-33(31,32)22-24-12-15-11-19(18-8-4-6-14-5-2-3-7-17(14)18)21(26-20(15)27-22)28-10-9-16(13-28)25-23(29)30/h2-8,11-12,16,25H,9-10,13H2,1H3,(H,29,30). The van der Waals surface area contributed by atoms with E-state index in [9.17, 15) is 13.2 Å². The van der Waals surface area contributed by atoms with Crippen LogP contribution in [-0.2, 0) is 9.84 Å². The third-order valence-corrected chi connectivity index (χ3v) is 6.61. The Labute approximate surface area is 190 Å². The van der Waals surface area contributed by atoms with Crippen molar-refractivity contribution in [2.45, 2.75) is 17.6 Å². The van der Waals surface area contributed by atoms with Gasteiger partial charge in [-0.25, -0.2) is 23.2 Å². The molecule has 10 heteroatoms. The van der Waals surface area contributed by atoms with E-state index in [0.717, 1.165) is 28.2 Å². The number of rotatable bonds is 4. The number of nitrogens with zero attached hydrogens (tertiary/aromatic N) is 4. The molecule has 2 N–H and O–H groups in total. The molecule has 1 aliphatic rings. The fourth-order valence-corrected chi connectivity index (χ4v) is 4.76. The summed E-state index contributed by atoms with van der Waals surface area (Å²) in [5, 5.41) is 14.1. The van der Waals surface area contributed by atoms with Crippen LogP contribution in [0, 0.1) is 0 Å². The zero-order chi connectivity index (χ0) is 23.2. The molecule has 1 unspecified atom stereocenters. The summed E-state index contributed by atoms with van der Waals surface area (Å²) in [6.07, 6.45) is 2.11. The normalized spacial score (nSPS) is 16.4. The molecule has 0 bridgehead atoms. The molecule has 2 aromatic carbocycles. The molecule has 0 spiro atoms. The summed E-state index contributed by atoms with van der Waals surface area (Å²) in [5.74, 6) is 0.631. The number of hydrogen-bond acceptors (Lipinski definition) is 7. The third-order valence-electron chi connectivity index (χ3n) is 5.75. The predicted molar refractivity (Wildman–Crippen MR) is 125 cm³/mol. The third kappa shape index (κ3) is 4.05. The van der Waals surface area contributed by atoms with Crippen molar-refractivity contribution in [3.05, 3.63) is 54.7 Å². The molecule has 9 nitrogen and oxygen atoms in total. The number of benzene rings is 2. The van der Waals surface area contributed by atoms with Gasteiger partial charge in [0.1, 0.15) is 5.82 Å². The molecule has 168 valence electrons. The number of carboxylic acid groups (broad SMARTS) is 1. The van der Waals surface area contributed by atoms with Crippen molar-refractivity contribution >= 4 is 43.6 Å². The molecule has 1 aliphatic heterocycles. The van der Waals surface area contributed by atoms with E-state index >= 15 is 0 Å². The number of amides is 1. The van der Waals surface area contributed by atoms with E-state index in [2.05, 4.69) is 15.3 Å². The van der Waals surface area contributed by atoms with Crippen LogP contribution in [-0.4, -0.2) is 60.0 Å². The summed E-state index contributed by atoms with van der Waals surface area (Å²) >= 11 is 0. The van der Waals surface area contributed by atoms with E-state index in [1.54, 1.807) is 0 Å². The quantitative estimate of drug-likeness (QED) is 0.442. The van der Waals surface area contributed by atoms with Crippen molar-refractivity contribution < 1.29 is 18.3 Å². The Kier molecular flexibility index (Phi) is 5.09. The number of pyridine rings is 1. The number of sulfone groups is 1. The maximum atomic E-state index is 12.0. The zero-order valence-electron chi connectivity index (χ0n) is 17.8. The highest BCUT2D eigenvalue weighted by molar-refractivity contribution is 7.90. The van der Waals surface area contributed by atoms with Crippen LogP contribution in [0.15, 0.2) is 59.9 Å². The molecule has 1 fully saturated rings. The van der Waals surface area contributed by atoms with Crippen molar-refractivity contribution in [2.24, 2.45) is 0 Å². The lowest BCUT2D eigenvalue weighted by atomic mass is 9.98. The minimum absolute atomic E-state index is 0.225. The largest absolute Gasteiger partial charge is 0.465 e. The van der Waals surface area contributed by atoms with Crippen molar-refractivity contribution in [3.8, 4) is 11.1 Å². The van der Waals surface area contributed by atoms with Gasteiger partial charge in [0.05, 0.1) is 6.04 Å². The molecule has 5 rings (SSSR count). The Morgan fingerprint density at radius 1 is 1.09 bits per heavy atom. The van der Waals surface area contributed by atoms with E-state index in [0.29, 0.717) is 30.7 Å². The van der Waals surface area contributed by atoms with Gasteiger partial charge in [-0.3, -0.25) is 0 Å². The Hall–Kier alpha value is -3.79. The van der Waals surface area contributed by atoms with Gasteiger partial charge in [0.15, 0.2) is 5.65 Å². The SMILES string of the molecule is CS(=O)(=O)c1ncc2cc(-c3cccc4ccccc34)c(N3CCC(NC(=O)O)C3)nc2n1. The van der Waals surface area contributed by atoms with Gasteiger partial charge in [-0.2, -0.15) is 4.98 Å². The van der Waals surface area contributed by atoms with E-state index in [-0.39, 0.29) is 16.8 Å². The number of nitrogens with one attached hydrogen (secondary N) is 1. The zero-order valence-corrected chi connectivity index (χ0v) is 18.6. The van der Waals surface area contributed by atoms with Crippen molar-refractivity contribution in [3.63, 3.8) is 0 Å². The molecule has 0 aliphatic carbocycles. The van der Waals surface area contributed by atoms with E-state index in [1.165, 1.54) is 6.20 Å². The molecule has 2 aromatic heterocycles. The molecule has 1 saturated heterocycles. The number of hydrogen-bond donors (Lipinski definition) is 2. The summed E-state index contributed by atoms with van der Waals surface area (Å²) in [6, 6.07) is 15.8. The predicted octanol–water partition coefficient (Wildman–Crippen LogP) is 3.09. The molecule has 0 saturated carbocycles. The van der Waals surface area contributed by atoms with Gasteiger partial charge in [0, 0.05) is 36.5 Å². The number of fused-ring (bicyclic) bond motifs is 2. The van der Waals surface area contributed by atoms with Crippen LogP contribution < -0.4 is 10.2 Å². The highest BCUT2D eigenvalue weighted by Crippen LogP contribution is 2.37. The average Bonchev–Trinajstić information content (AvgIpc) is 3.24. The summed E-state index contributed by atoms with van der Waals surface area (Å²) < 4.78 is 23.9. The van der Waals surface area contributed by atoms with Crippen molar-refractivity contribution in [1.82, 2.24) is 20.3 Å². The summed E-state index contributed by atoms with van der Waals surface area (Å²) in [6.45, 7) is 1.05. The van der Waals surface area contributed by atoms with Gasteiger partial charge < -0.3 is 15.3 Å². The molecule has 33 heavy (non-hydrogen) atoms. The van der Waals surface area contributed by atoms with Crippen LogP contribution in [0.5, 0.6) is 0 Å². The minimum Gasteiger partial charge on any atom is -0.465 e. The van der Waals surface area contributed by atoms with Gasteiger partial charge in [-0.1, -0.05) is 42.5 Å². The van der Waals surface area contributed by atoms with Crippen molar-refractivity contribution in [2.75, 3.05) is 24.2 Å². The summed E-state index contributed by atoms with van der Waals surface area (Å²) in [5.41, 5.74) is 2.10. The number of anilines is 1. The second-order valence-corrected chi connectivity index (χ2v) is 10.0. The molecule has 3 heterocycles. The number of aromatic nitrogens is 3. The summed E-state index contributed by atoms with van der Waals surface area (Å²) in [7, 11) is -3.59. The summed E-state index contributed by atoms with van der Waals surface area (Å²) in [4.78, 5) is 26.1. The van der Waals surface area contributed by atoms with E-state index in [4.69, 9.17) is 10.1 Å². The minimum atomic E-state index is -3.59. The van der Waals surface area contributed by atoms with E-state index < -0.39 is 15.9 Å². The van der Waals surface area contributed by atoms with E-state index in [1.807, 2.05) is 53.4 Å². The first-order valence-electron chi connectivity index (χ1n) is 10.4. The fraction of sp³-hybridized carbons (Fsp3) is 0.217. The molecular weight excluding hydrogens is 442 g/mol. The molecular formula is C23H21N5O4S. The van der Waals surface area contributed by atoms with Crippen LogP contribution >= 0.6 is 0 Å². The first kappa shape index (κ1) is 21.1. The lowest BCUT2D eigenvalue weighted by Gasteiger charge is -2.22. The van der Waals surface area contributed by atoms with Gasteiger partial charge >= 0.3 is 6.09 Å². The fourth-order valence-electron chi connectivity index (χ4n) is 4.26. The Morgan fingerprint density at radius 2 is 1.88 bits per heavy atom. The smallest absolute Gasteiger partial charge is 0.404 e.